The summed E-state index contributed by atoms with van der Waals surface area (Å²) in [5.74, 6) is 1.27. The first-order valence-corrected chi connectivity index (χ1v) is 11.9. The second-order valence-corrected chi connectivity index (χ2v) is 9.96. The van der Waals surface area contributed by atoms with E-state index in [4.69, 9.17) is 4.74 Å². The summed E-state index contributed by atoms with van der Waals surface area (Å²) < 4.78 is 33.7. The molecule has 1 N–H and O–H groups in total. The number of likely N-dealkylation sites (tertiary alicyclic amines) is 1. The smallest absolute Gasteiger partial charge is 0.257 e. The molecule has 1 aromatic rings. The van der Waals surface area contributed by atoms with Gasteiger partial charge in [0.05, 0.1) is 17.6 Å². The van der Waals surface area contributed by atoms with E-state index in [1.165, 1.54) is 38.5 Å². The highest BCUT2D eigenvalue weighted by molar-refractivity contribution is 7.89. The summed E-state index contributed by atoms with van der Waals surface area (Å²) in [6, 6.07) is 4.55. The van der Waals surface area contributed by atoms with Gasteiger partial charge in [-0.25, -0.2) is 13.1 Å². The van der Waals surface area contributed by atoms with Crippen LogP contribution in [0.15, 0.2) is 23.1 Å². The fraction of sp³-hybridized carbons (Fsp3) is 0.667. The van der Waals surface area contributed by atoms with Crippen LogP contribution in [-0.2, 0) is 10.0 Å². The number of methoxy groups -OCH3 is 1. The molecule has 0 radical (unpaired) electrons. The van der Waals surface area contributed by atoms with E-state index < -0.39 is 10.0 Å². The van der Waals surface area contributed by atoms with Crippen molar-refractivity contribution in [2.45, 2.75) is 56.8 Å². The number of benzene rings is 1. The number of nitrogens with one attached hydrogen (secondary N) is 1. The quantitative estimate of drug-likeness (QED) is 0.782. The number of nitrogens with zero attached hydrogens (tertiary/aromatic N) is 1. The fourth-order valence-electron chi connectivity index (χ4n) is 4.11. The van der Waals surface area contributed by atoms with E-state index >= 15 is 0 Å². The molecule has 0 bridgehead atoms. The third-order valence-corrected chi connectivity index (χ3v) is 7.49. The normalized spacial score (nSPS) is 19.6. The van der Waals surface area contributed by atoms with Crippen molar-refractivity contribution in [1.82, 2.24) is 9.62 Å². The second kappa shape index (κ2) is 9.27. The van der Waals surface area contributed by atoms with Crippen molar-refractivity contribution in [3.05, 3.63) is 23.8 Å². The Balaban J connectivity index is 1.76. The number of sulfonamides is 1. The molecule has 1 amide bonds. The van der Waals surface area contributed by atoms with Crippen molar-refractivity contribution >= 4 is 15.9 Å². The van der Waals surface area contributed by atoms with Crippen LogP contribution in [0.2, 0.25) is 0 Å². The predicted molar refractivity (Wildman–Crippen MR) is 109 cm³/mol. The molecule has 0 unspecified atom stereocenters. The van der Waals surface area contributed by atoms with Crippen molar-refractivity contribution in [3.8, 4) is 5.75 Å². The van der Waals surface area contributed by atoms with Gasteiger partial charge in [-0.05, 0) is 55.7 Å². The summed E-state index contributed by atoms with van der Waals surface area (Å²) in [6.07, 6.45) is 7.65. The highest BCUT2D eigenvalue weighted by Crippen LogP contribution is 2.27. The first-order valence-electron chi connectivity index (χ1n) is 10.4. The summed E-state index contributed by atoms with van der Waals surface area (Å²) >= 11 is 0. The number of carbonyl (C=O) groups excluding carboxylic acids is 1. The Kier molecular flexibility index (Phi) is 6.99. The minimum atomic E-state index is -3.66. The molecule has 0 atom stereocenters. The first-order chi connectivity index (χ1) is 13.4. The molecule has 0 aromatic heterocycles. The van der Waals surface area contributed by atoms with E-state index in [2.05, 4.69) is 11.6 Å². The summed E-state index contributed by atoms with van der Waals surface area (Å²) in [5.41, 5.74) is 0.317. The topological polar surface area (TPSA) is 75.7 Å². The fourth-order valence-corrected chi connectivity index (χ4v) is 5.25. The highest BCUT2D eigenvalue weighted by Gasteiger charge is 2.26. The van der Waals surface area contributed by atoms with E-state index in [1.54, 1.807) is 11.0 Å². The molecule has 2 fully saturated rings. The van der Waals surface area contributed by atoms with Crippen molar-refractivity contribution in [1.29, 1.82) is 0 Å². The minimum absolute atomic E-state index is 0.123. The summed E-state index contributed by atoms with van der Waals surface area (Å²) in [5, 5.41) is 0. The first kappa shape index (κ1) is 21.1. The molecule has 1 heterocycles. The zero-order valence-corrected chi connectivity index (χ0v) is 17.8. The molecular weight excluding hydrogens is 376 g/mol. The van der Waals surface area contributed by atoms with Crippen LogP contribution >= 0.6 is 0 Å². The van der Waals surface area contributed by atoms with Crippen LogP contribution in [0.5, 0.6) is 5.75 Å². The lowest BCUT2D eigenvalue weighted by Crippen LogP contribution is -2.38. The van der Waals surface area contributed by atoms with Crippen LogP contribution < -0.4 is 9.46 Å². The van der Waals surface area contributed by atoms with E-state index in [0.29, 0.717) is 42.8 Å². The minimum Gasteiger partial charge on any atom is -0.496 e. The molecule has 3 rings (SSSR count). The van der Waals surface area contributed by atoms with Crippen molar-refractivity contribution in [3.63, 3.8) is 0 Å². The zero-order chi connectivity index (χ0) is 20.1. The lowest BCUT2D eigenvalue weighted by Gasteiger charge is -2.30. The molecule has 1 aliphatic carbocycles. The SMILES string of the molecule is COc1ccc(S(=O)(=O)NCC2CCCCC2)cc1C(=O)N1CCC(C)CC1. The van der Waals surface area contributed by atoms with Gasteiger partial charge >= 0.3 is 0 Å². The lowest BCUT2D eigenvalue weighted by molar-refractivity contribution is 0.0693. The molecule has 6 nitrogen and oxygen atoms in total. The number of ether oxygens (including phenoxy) is 1. The monoisotopic (exact) mass is 408 g/mol. The Hall–Kier alpha value is -1.60. The van der Waals surface area contributed by atoms with Crippen LogP contribution in [0.25, 0.3) is 0 Å². The molecule has 1 saturated heterocycles. The van der Waals surface area contributed by atoms with Gasteiger partial charge in [-0.1, -0.05) is 26.2 Å². The number of piperidine rings is 1. The molecule has 1 saturated carbocycles. The van der Waals surface area contributed by atoms with Crippen LogP contribution in [0.4, 0.5) is 0 Å². The molecule has 7 heteroatoms. The Bertz CT molecular complexity index is 780. The summed E-state index contributed by atoms with van der Waals surface area (Å²) in [4.78, 5) is 14.9. The maximum absolute atomic E-state index is 13.0. The number of carbonyl (C=O) groups is 1. The predicted octanol–water partition coefficient (Wildman–Crippen LogP) is 3.43. The van der Waals surface area contributed by atoms with Gasteiger partial charge in [-0.3, -0.25) is 4.79 Å². The van der Waals surface area contributed by atoms with Crippen LogP contribution in [0, 0.1) is 11.8 Å². The molecule has 156 valence electrons. The largest absolute Gasteiger partial charge is 0.496 e. The number of hydrogen-bond acceptors (Lipinski definition) is 4. The zero-order valence-electron chi connectivity index (χ0n) is 16.9. The molecule has 2 aliphatic rings. The number of hydrogen-bond donors (Lipinski definition) is 1. The Morgan fingerprint density at radius 3 is 2.46 bits per heavy atom. The maximum atomic E-state index is 13.0. The van der Waals surface area contributed by atoms with Gasteiger partial charge in [0.15, 0.2) is 0 Å². The Labute approximate surface area is 168 Å². The van der Waals surface area contributed by atoms with Gasteiger partial charge in [-0.15, -0.1) is 0 Å². The Morgan fingerprint density at radius 2 is 1.82 bits per heavy atom. The van der Waals surface area contributed by atoms with Gasteiger partial charge in [0.1, 0.15) is 5.75 Å². The molecule has 1 aromatic carbocycles. The highest BCUT2D eigenvalue weighted by atomic mass is 32.2. The van der Waals surface area contributed by atoms with Gasteiger partial charge in [-0.2, -0.15) is 0 Å². The van der Waals surface area contributed by atoms with E-state index in [-0.39, 0.29) is 10.8 Å². The standard InChI is InChI=1S/C21H32N2O4S/c1-16-10-12-23(13-11-16)21(24)19-14-18(8-9-20(19)27-2)28(25,26)22-15-17-6-4-3-5-7-17/h8-9,14,16-17,22H,3-7,10-13,15H2,1-2H3. The van der Waals surface area contributed by atoms with Crippen molar-refractivity contribution in [2.75, 3.05) is 26.7 Å². The lowest BCUT2D eigenvalue weighted by atomic mass is 9.90. The Morgan fingerprint density at radius 1 is 1.14 bits per heavy atom. The molecule has 28 heavy (non-hydrogen) atoms. The van der Waals surface area contributed by atoms with E-state index in [1.807, 2.05) is 0 Å². The third-order valence-electron chi connectivity index (χ3n) is 6.07. The second-order valence-electron chi connectivity index (χ2n) is 8.19. The van der Waals surface area contributed by atoms with Gasteiger partial charge in [0, 0.05) is 19.6 Å². The van der Waals surface area contributed by atoms with Crippen LogP contribution in [0.3, 0.4) is 0 Å². The molecular formula is C21H32N2O4S. The van der Waals surface area contributed by atoms with E-state index in [9.17, 15) is 13.2 Å². The summed E-state index contributed by atoms with van der Waals surface area (Å²) in [6.45, 7) is 4.04. The van der Waals surface area contributed by atoms with Crippen LogP contribution in [-0.4, -0.2) is 46.0 Å². The van der Waals surface area contributed by atoms with Gasteiger partial charge in [0.2, 0.25) is 10.0 Å². The maximum Gasteiger partial charge on any atom is 0.257 e. The van der Waals surface area contributed by atoms with E-state index in [0.717, 1.165) is 25.7 Å². The number of amides is 1. The van der Waals surface area contributed by atoms with Crippen LogP contribution in [0.1, 0.15) is 62.2 Å². The molecule has 1 aliphatic heterocycles. The molecule has 0 spiro atoms. The van der Waals surface area contributed by atoms with Crippen molar-refractivity contribution in [2.24, 2.45) is 11.8 Å². The average molecular weight is 409 g/mol. The number of rotatable bonds is 6. The van der Waals surface area contributed by atoms with Gasteiger partial charge in [0.25, 0.3) is 5.91 Å². The summed E-state index contributed by atoms with van der Waals surface area (Å²) in [7, 11) is -2.16. The average Bonchev–Trinajstić information content (AvgIpc) is 2.72. The third kappa shape index (κ3) is 5.06. The van der Waals surface area contributed by atoms with Crippen molar-refractivity contribution < 1.29 is 17.9 Å². The van der Waals surface area contributed by atoms with Gasteiger partial charge < -0.3 is 9.64 Å².